The highest BCUT2D eigenvalue weighted by Crippen LogP contribution is 2.09. The molecule has 0 amide bonds. The third-order valence-electron chi connectivity index (χ3n) is 3.40. The third kappa shape index (κ3) is 2.79. The van der Waals surface area contributed by atoms with Crippen molar-refractivity contribution in [2.45, 2.75) is 40.4 Å². The molecule has 2 aromatic rings. The average molecular weight is 243 g/mol. The van der Waals surface area contributed by atoms with E-state index in [1.165, 1.54) is 22.4 Å². The van der Waals surface area contributed by atoms with Crippen LogP contribution in [0.3, 0.4) is 0 Å². The summed E-state index contributed by atoms with van der Waals surface area (Å²) in [7, 11) is 0. The highest BCUT2D eigenvalue weighted by atomic mass is 15.3. The van der Waals surface area contributed by atoms with Crippen molar-refractivity contribution in [1.29, 1.82) is 0 Å². The first kappa shape index (κ1) is 12.8. The molecule has 0 aliphatic carbocycles. The fourth-order valence-electron chi connectivity index (χ4n) is 2.12. The largest absolute Gasteiger partial charge is 0.308 e. The van der Waals surface area contributed by atoms with Crippen LogP contribution in [-0.2, 0) is 19.6 Å². The van der Waals surface area contributed by atoms with Gasteiger partial charge in [0.1, 0.15) is 0 Å². The van der Waals surface area contributed by atoms with E-state index in [1.807, 2.05) is 10.9 Å². The van der Waals surface area contributed by atoms with Crippen LogP contribution < -0.4 is 5.32 Å². The van der Waals surface area contributed by atoms with Crippen molar-refractivity contribution in [2.24, 2.45) is 0 Å². The fourth-order valence-corrected chi connectivity index (χ4v) is 2.12. The molecule has 1 N–H and O–H groups in total. The van der Waals surface area contributed by atoms with Crippen LogP contribution >= 0.6 is 0 Å². The van der Waals surface area contributed by atoms with E-state index in [1.54, 1.807) is 0 Å². The smallest absolute Gasteiger partial charge is 0.0537 e. The molecule has 18 heavy (non-hydrogen) atoms. The molecule has 1 heterocycles. The molecule has 1 aromatic carbocycles. The molecule has 0 saturated heterocycles. The Hall–Kier alpha value is -1.61. The quantitative estimate of drug-likeness (QED) is 0.875. The van der Waals surface area contributed by atoms with Crippen molar-refractivity contribution < 1.29 is 0 Å². The van der Waals surface area contributed by atoms with E-state index >= 15 is 0 Å². The summed E-state index contributed by atoms with van der Waals surface area (Å²) in [6, 6.07) is 8.49. The van der Waals surface area contributed by atoms with Crippen LogP contribution in [0.5, 0.6) is 0 Å². The van der Waals surface area contributed by atoms with Gasteiger partial charge in [0, 0.05) is 30.9 Å². The van der Waals surface area contributed by atoms with Gasteiger partial charge in [-0.3, -0.25) is 4.68 Å². The van der Waals surface area contributed by atoms with Crippen LogP contribution in [0, 0.1) is 13.8 Å². The SMILES string of the molecule is CCn1ncc(CNCc2ccccc2C)c1C. The summed E-state index contributed by atoms with van der Waals surface area (Å²) in [4.78, 5) is 0. The standard InChI is InChI=1S/C15H21N3/c1-4-18-13(3)15(11-17-18)10-16-9-14-8-6-5-7-12(14)2/h5-8,11,16H,4,9-10H2,1-3H3. The molecule has 0 atom stereocenters. The predicted molar refractivity (Wildman–Crippen MR) is 74.4 cm³/mol. The molecule has 0 radical (unpaired) electrons. The van der Waals surface area contributed by atoms with Crippen molar-refractivity contribution in [3.05, 3.63) is 52.8 Å². The molecule has 0 aliphatic heterocycles. The summed E-state index contributed by atoms with van der Waals surface area (Å²) in [6.07, 6.45) is 1.96. The maximum atomic E-state index is 4.35. The van der Waals surface area contributed by atoms with Crippen molar-refractivity contribution >= 4 is 0 Å². The highest BCUT2D eigenvalue weighted by Gasteiger charge is 2.04. The lowest BCUT2D eigenvalue weighted by Gasteiger charge is -2.07. The van der Waals surface area contributed by atoms with E-state index in [-0.39, 0.29) is 0 Å². The molecule has 0 bridgehead atoms. The molecular formula is C15H21N3. The van der Waals surface area contributed by atoms with E-state index in [4.69, 9.17) is 0 Å². The zero-order valence-corrected chi connectivity index (χ0v) is 11.4. The molecule has 3 heteroatoms. The Labute approximate surface area is 109 Å². The van der Waals surface area contributed by atoms with Gasteiger partial charge in [-0.1, -0.05) is 24.3 Å². The molecule has 3 nitrogen and oxygen atoms in total. The number of nitrogens with zero attached hydrogens (tertiary/aromatic N) is 2. The molecular weight excluding hydrogens is 222 g/mol. The van der Waals surface area contributed by atoms with Gasteiger partial charge in [0.05, 0.1) is 6.20 Å². The molecule has 0 aliphatic rings. The number of aryl methyl sites for hydroxylation is 2. The van der Waals surface area contributed by atoms with E-state index < -0.39 is 0 Å². The van der Waals surface area contributed by atoms with Crippen LogP contribution in [0.15, 0.2) is 30.5 Å². The number of hydrogen-bond acceptors (Lipinski definition) is 2. The summed E-state index contributed by atoms with van der Waals surface area (Å²) >= 11 is 0. The average Bonchev–Trinajstić information content (AvgIpc) is 2.73. The van der Waals surface area contributed by atoms with Gasteiger partial charge in [0.25, 0.3) is 0 Å². The Morgan fingerprint density at radius 1 is 1.11 bits per heavy atom. The number of nitrogens with one attached hydrogen (secondary N) is 1. The lowest BCUT2D eigenvalue weighted by Crippen LogP contribution is -2.14. The molecule has 2 rings (SSSR count). The first-order chi connectivity index (χ1) is 8.72. The maximum absolute atomic E-state index is 4.35. The first-order valence-electron chi connectivity index (χ1n) is 6.49. The van der Waals surface area contributed by atoms with Gasteiger partial charge >= 0.3 is 0 Å². The van der Waals surface area contributed by atoms with E-state index in [0.29, 0.717) is 0 Å². The van der Waals surface area contributed by atoms with Gasteiger partial charge in [0.15, 0.2) is 0 Å². The zero-order chi connectivity index (χ0) is 13.0. The second-order valence-electron chi connectivity index (χ2n) is 4.60. The summed E-state index contributed by atoms with van der Waals surface area (Å²) in [5.74, 6) is 0. The lowest BCUT2D eigenvalue weighted by molar-refractivity contribution is 0.633. The van der Waals surface area contributed by atoms with Crippen molar-refractivity contribution in [2.75, 3.05) is 0 Å². The molecule has 0 unspecified atom stereocenters. The Kier molecular flexibility index (Phi) is 4.15. The minimum Gasteiger partial charge on any atom is -0.308 e. The lowest BCUT2D eigenvalue weighted by atomic mass is 10.1. The molecule has 0 fully saturated rings. The van der Waals surface area contributed by atoms with Crippen LogP contribution in [0.25, 0.3) is 0 Å². The van der Waals surface area contributed by atoms with Gasteiger partial charge in [-0.2, -0.15) is 5.10 Å². The predicted octanol–water partition coefficient (Wildman–Crippen LogP) is 2.81. The third-order valence-corrected chi connectivity index (χ3v) is 3.40. The van der Waals surface area contributed by atoms with Crippen LogP contribution in [0.4, 0.5) is 0 Å². The summed E-state index contributed by atoms with van der Waals surface area (Å²) < 4.78 is 2.03. The maximum Gasteiger partial charge on any atom is 0.0537 e. The Morgan fingerprint density at radius 3 is 2.50 bits per heavy atom. The number of hydrogen-bond donors (Lipinski definition) is 1. The first-order valence-corrected chi connectivity index (χ1v) is 6.49. The Morgan fingerprint density at radius 2 is 1.83 bits per heavy atom. The fraction of sp³-hybridized carbons (Fsp3) is 0.400. The van der Waals surface area contributed by atoms with Crippen LogP contribution in [0.1, 0.15) is 29.3 Å². The molecule has 96 valence electrons. The van der Waals surface area contributed by atoms with Crippen molar-refractivity contribution in [3.8, 4) is 0 Å². The zero-order valence-electron chi connectivity index (χ0n) is 11.4. The molecule has 0 saturated carbocycles. The number of rotatable bonds is 5. The van der Waals surface area contributed by atoms with Gasteiger partial charge < -0.3 is 5.32 Å². The second kappa shape index (κ2) is 5.83. The minimum absolute atomic E-state index is 0.875. The van der Waals surface area contributed by atoms with Crippen LogP contribution in [0.2, 0.25) is 0 Å². The van der Waals surface area contributed by atoms with Gasteiger partial charge in [-0.05, 0) is 31.9 Å². The van der Waals surface area contributed by atoms with E-state index in [9.17, 15) is 0 Å². The normalized spacial score (nSPS) is 10.8. The Balaban J connectivity index is 1.92. The van der Waals surface area contributed by atoms with Crippen molar-refractivity contribution in [3.63, 3.8) is 0 Å². The second-order valence-corrected chi connectivity index (χ2v) is 4.60. The van der Waals surface area contributed by atoms with Crippen LogP contribution in [-0.4, -0.2) is 9.78 Å². The molecule has 1 aromatic heterocycles. The number of benzene rings is 1. The van der Waals surface area contributed by atoms with Gasteiger partial charge in [0.2, 0.25) is 0 Å². The summed E-state index contributed by atoms with van der Waals surface area (Å²) in [5.41, 5.74) is 5.24. The van der Waals surface area contributed by atoms with E-state index in [0.717, 1.165) is 19.6 Å². The highest BCUT2D eigenvalue weighted by molar-refractivity contribution is 5.25. The molecule has 0 spiro atoms. The summed E-state index contributed by atoms with van der Waals surface area (Å²) in [5, 5.41) is 7.84. The minimum atomic E-state index is 0.875. The Bertz CT molecular complexity index is 514. The van der Waals surface area contributed by atoms with Gasteiger partial charge in [-0.25, -0.2) is 0 Å². The monoisotopic (exact) mass is 243 g/mol. The van der Waals surface area contributed by atoms with Crippen molar-refractivity contribution in [1.82, 2.24) is 15.1 Å². The topological polar surface area (TPSA) is 29.9 Å². The summed E-state index contributed by atoms with van der Waals surface area (Å²) in [6.45, 7) is 9.11. The van der Waals surface area contributed by atoms with E-state index in [2.05, 4.69) is 55.5 Å². The number of aromatic nitrogens is 2. The van der Waals surface area contributed by atoms with Gasteiger partial charge in [-0.15, -0.1) is 0 Å².